The maximum atomic E-state index is 5.84. The van der Waals surface area contributed by atoms with Crippen LogP contribution in [0, 0.1) is 0 Å². The van der Waals surface area contributed by atoms with Crippen molar-refractivity contribution in [1.29, 1.82) is 0 Å². The molecule has 2 rings (SSSR count). The Hall–Kier alpha value is -0.650. The third-order valence-corrected chi connectivity index (χ3v) is 4.98. The number of nitrogens with one attached hydrogen (secondary N) is 1. The monoisotopic (exact) mass is 311 g/mol. The van der Waals surface area contributed by atoms with Gasteiger partial charge in [0, 0.05) is 37.0 Å². The Labute approximate surface area is 132 Å². The number of hydrogen-bond donors (Lipinski definition) is 1. The van der Waals surface area contributed by atoms with Gasteiger partial charge in [-0.1, -0.05) is 20.8 Å². The van der Waals surface area contributed by atoms with Gasteiger partial charge in [0.05, 0.1) is 11.8 Å². The fraction of sp³-hybridized carbons (Fsp3) is 0.812. The van der Waals surface area contributed by atoms with Gasteiger partial charge in [-0.25, -0.2) is 4.98 Å². The first kappa shape index (κ1) is 16.7. The molecule has 2 heterocycles. The minimum absolute atomic E-state index is 0.0864. The van der Waals surface area contributed by atoms with Gasteiger partial charge in [0.2, 0.25) is 0 Å². The quantitative estimate of drug-likeness (QED) is 0.906. The topological polar surface area (TPSA) is 37.4 Å². The summed E-state index contributed by atoms with van der Waals surface area (Å²) < 4.78 is 5.84. The van der Waals surface area contributed by atoms with Crippen LogP contribution in [0.2, 0.25) is 0 Å². The van der Waals surface area contributed by atoms with Crippen molar-refractivity contribution in [2.45, 2.75) is 58.1 Å². The lowest BCUT2D eigenvalue weighted by Crippen LogP contribution is -2.33. The first-order valence-corrected chi connectivity index (χ1v) is 8.71. The van der Waals surface area contributed by atoms with Crippen molar-refractivity contribution >= 4 is 16.5 Å². The number of anilines is 1. The third-order valence-electron chi connectivity index (χ3n) is 3.81. The van der Waals surface area contributed by atoms with E-state index in [4.69, 9.17) is 9.72 Å². The van der Waals surface area contributed by atoms with E-state index in [0.29, 0.717) is 6.10 Å². The molecule has 0 amide bonds. The molecule has 1 atom stereocenters. The smallest absolute Gasteiger partial charge is 0.185 e. The molecule has 0 radical (unpaired) electrons. The maximum Gasteiger partial charge on any atom is 0.185 e. The molecule has 0 aromatic carbocycles. The lowest BCUT2D eigenvalue weighted by molar-refractivity contribution is 0.0216. The van der Waals surface area contributed by atoms with Crippen LogP contribution in [0.1, 0.15) is 50.6 Å². The Morgan fingerprint density at radius 1 is 1.38 bits per heavy atom. The van der Waals surface area contributed by atoms with Crippen molar-refractivity contribution in [2.24, 2.45) is 0 Å². The first-order valence-electron chi connectivity index (χ1n) is 7.89. The maximum absolute atomic E-state index is 5.84. The molecule has 1 aromatic heterocycles. The second-order valence-corrected chi connectivity index (χ2v) is 7.98. The summed E-state index contributed by atoms with van der Waals surface area (Å²) in [5.41, 5.74) is 1.30. The van der Waals surface area contributed by atoms with Gasteiger partial charge in [-0.05, 0) is 26.3 Å². The minimum atomic E-state index is 0.0864. The summed E-state index contributed by atoms with van der Waals surface area (Å²) in [6.07, 6.45) is 4.02. The predicted molar refractivity (Wildman–Crippen MR) is 90.4 cm³/mol. The Morgan fingerprint density at radius 3 is 2.71 bits per heavy atom. The molecule has 0 bridgehead atoms. The number of rotatable bonds is 5. The molecule has 0 saturated carbocycles. The van der Waals surface area contributed by atoms with Crippen LogP contribution in [-0.4, -0.2) is 38.3 Å². The van der Waals surface area contributed by atoms with Gasteiger partial charge in [0.15, 0.2) is 5.13 Å². The lowest BCUT2D eigenvalue weighted by atomic mass is 9.91. The third kappa shape index (κ3) is 4.41. The standard InChI is InChI=1S/C16H29N3OS/c1-16(2,3)14-13(10-17-4)21-15(18-14)19(5)11-12-8-6-7-9-20-12/h12,17H,6-11H2,1-5H3. The van der Waals surface area contributed by atoms with Crippen molar-refractivity contribution in [3.63, 3.8) is 0 Å². The van der Waals surface area contributed by atoms with Crippen molar-refractivity contribution in [1.82, 2.24) is 10.3 Å². The van der Waals surface area contributed by atoms with E-state index in [1.54, 1.807) is 11.3 Å². The largest absolute Gasteiger partial charge is 0.376 e. The molecule has 1 unspecified atom stereocenters. The van der Waals surface area contributed by atoms with Gasteiger partial charge in [0.25, 0.3) is 0 Å². The number of nitrogens with zero attached hydrogens (tertiary/aromatic N) is 2. The summed E-state index contributed by atoms with van der Waals surface area (Å²) in [6.45, 7) is 9.43. The normalized spacial score (nSPS) is 19.8. The van der Waals surface area contributed by atoms with Crippen LogP contribution >= 0.6 is 11.3 Å². The molecular weight excluding hydrogens is 282 g/mol. The second-order valence-electron chi connectivity index (χ2n) is 6.92. The van der Waals surface area contributed by atoms with Crippen LogP contribution in [0.4, 0.5) is 5.13 Å². The van der Waals surface area contributed by atoms with Crippen molar-refractivity contribution in [3.05, 3.63) is 10.6 Å². The minimum Gasteiger partial charge on any atom is -0.376 e. The first-order chi connectivity index (χ1) is 9.91. The molecule has 21 heavy (non-hydrogen) atoms. The molecule has 1 aliphatic rings. The SMILES string of the molecule is CNCc1sc(N(C)CC2CCCCO2)nc1C(C)(C)C. The number of likely N-dealkylation sites (N-methyl/N-ethyl adjacent to an activating group) is 1. The van der Waals surface area contributed by atoms with E-state index in [-0.39, 0.29) is 5.41 Å². The highest BCUT2D eigenvalue weighted by Gasteiger charge is 2.25. The predicted octanol–water partition coefficient (Wildman–Crippen LogP) is 3.17. The summed E-state index contributed by atoms with van der Waals surface area (Å²) >= 11 is 1.80. The Morgan fingerprint density at radius 2 is 2.14 bits per heavy atom. The molecule has 1 N–H and O–H groups in total. The zero-order valence-electron chi connectivity index (χ0n) is 14.0. The molecular formula is C16H29N3OS. The molecule has 1 fully saturated rings. The average Bonchev–Trinajstić information content (AvgIpc) is 2.84. The van der Waals surface area contributed by atoms with Gasteiger partial charge < -0.3 is 15.0 Å². The highest BCUT2D eigenvalue weighted by atomic mass is 32.1. The van der Waals surface area contributed by atoms with Crippen LogP contribution in [0.25, 0.3) is 0 Å². The average molecular weight is 311 g/mol. The highest BCUT2D eigenvalue weighted by Crippen LogP contribution is 2.33. The van der Waals surface area contributed by atoms with Crippen LogP contribution in [0.15, 0.2) is 0 Å². The van der Waals surface area contributed by atoms with Crippen LogP contribution in [-0.2, 0) is 16.7 Å². The summed E-state index contributed by atoms with van der Waals surface area (Å²) in [7, 11) is 4.12. The Balaban J connectivity index is 2.11. The summed E-state index contributed by atoms with van der Waals surface area (Å²) in [6, 6.07) is 0. The van der Waals surface area contributed by atoms with Crippen LogP contribution < -0.4 is 10.2 Å². The van der Waals surface area contributed by atoms with E-state index in [2.05, 4.69) is 38.0 Å². The fourth-order valence-electron chi connectivity index (χ4n) is 2.70. The molecule has 4 nitrogen and oxygen atoms in total. The van der Waals surface area contributed by atoms with Gasteiger partial charge in [-0.15, -0.1) is 11.3 Å². The molecule has 1 aromatic rings. The number of hydrogen-bond acceptors (Lipinski definition) is 5. The lowest BCUT2D eigenvalue weighted by Gasteiger charge is -2.27. The summed E-state index contributed by atoms with van der Waals surface area (Å²) in [5.74, 6) is 0. The molecule has 5 heteroatoms. The molecule has 0 spiro atoms. The zero-order chi connectivity index (χ0) is 15.5. The summed E-state index contributed by atoms with van der Waals surface area (Å²) in [4.78, 5) is 8.52. The van der Waals surface area contributed by atoms with E-state index in [1.807, 2.05) is 7.05 Å². The van der Waals surface area contributed by atoms with Crippen LogP contribution in [0.3, 0.4) is 0 Å². The van der Waals surface area contributed by atoms with Crippen LogP contribution in [0.5, 0.6) is 0 Å². The van der Waals surface area contributed by atoms with E-state index in [1.165, 1.54) is 29.8 Å². The fourth-order valence-corrected chi connectivity index (χ4v) is 3.96. The van der Waals surface area contributed by atoms with Gasteiger partial charge >= 0.3 is 0 Å². The second kappa shape index (κ2) is 7.07. The van der Waals surface area contributed by atoms with E-state index in [9.17, 15) is 0 Å². The van der Waals surface area contributed by atoms with E-state index < -0.39 is 0 Å². The van der Waals surface area contributed by atoms with E-state index in [0.717, 1.165) is 24.8 Å². The summed E-state index contributed by atoms with van der Waals surface area (Å²) in [5, 5.41) is 4.37. The zero-order valence-corrected chi connectivity index (χ0v) is 14.8. The van der Waals surface area contributed by atoms with Crippen molar-refractivity contribution < 1.29 is 4.74 Å². The molecule has 0 aliphatic carbocycles. The Kier molecular flexibility index (Phi) is 5.63. The van der Waals surface area contributed by atoms with E-state index >= 15 is 0 Å². The molecule has 1 saturated heterocycles. The Bertz CT molecular complexity index is 447. The van der Waals surface area contributed by atoms with Gasteiger partial charge in [-0.2, -0.15) is 0 Å². The van der Waals surface area contributed by atoms with Gasteiger partial charge in [-0.3, -0.25) is 0 Å². The van der Waals surface area contributed by atoms with Gasteiger partial charge in [0.1, 0.15) is 0 Å². The number of ether oxygens (including phenoxy) is 1. The van der Waals surface area contributed by atoms with Crippen molar-refractivity contribution in [3.8, 4) is 0 Å². The number of aromatic nitrogens is 1. The highest BCUT2D eigenvalue weighted by molar-refractivity contribution is 7.15. The van der Waals surface area contributed by atoms with Crippen molar-refractivity contribution in [2.75, 3.05) is 32.1 Å². The molecule has 120 valence electrons. The molecule has 1 aliphatic heterocycles. The number of thiazole rings is 1.